The SMILES string of the molecule is CN(C)c1ccnc(N2CCN(c3nncs3)CC2)n1. The van der Waals surface area contributed by atoms with Crippen LogP contribution in [0.4, 0.5) is 16.9 Å². The lowest BCUT2D eigenvalue weighted by molar-refractivity contribution is 0.636. The second kappa shape index (κ2) is 5.58. The largest absolute Gasteiger partial charge is 0.363 e. The van der Waals surface area contributed by atoms with Crippen LogP contribution in [-0.2, 0) is 0 Å². The summed E-state index contributed by atoms with van der Waals surface area (Å²) in [5, 5.41) is 8.99. The van der Waals surface area contributed by atoms with E-state index in [1.165, 1.54) is 0 Å². The predicted octanol–water partition coefficient (Wildman–Crippen LogP) is 0.721. The highest BCUT2D eigenvalue weighted by atomic mass is 32.1. The fourth-order valence-electron chi connectivity index (χ4n) is 2.14. The number of rotatable bonds is 3. The van der Waals surface area contributed by atoms with Gasteiger partial charge in [0.1, 0.15) is 11.3 Å². The van der Waals surface area contributed by atoms with Crippen molar-refractivity contribution in [2.24, 2.45) is 0 Å². The van der Waals surface area contributed by atoms with Gasteiger partial charge in [0.15, 0.2) is 0 Å². The van der Waals surface area contributed by atoms with Gasteiger partial charge in [0.25, 0.3) is 0 Å². The zero-order chi connectivity index (χ0) is 13.9. The molecule has 0 aliphatic carbocycles. The summed E-state index contributed by atoms with van der Waals surface area (Å²) in [6.45, 7) is 3.64. The molecule has 0 atom stereocenters. The highest BCUT2D eigenvalue weighted by Crippen LogP contribution is 2.20. The van der Waals surface area contributed by atoms with Gasteiger partial charge in [-0.1, -0.05) is 11.3 Å². The Bertz CT molecular complexity index is 549. The molecule has 20 heavy (non-hydrogen) atoms. The van der Waals surface area contributed by atoms with Crippen molar-refractivity contribution in [3.05, 3.63) is 17.8 Å². The van der Waals surface area contributed by atoms with Crippen LogP contribution in [0.2, 0.25) is 0 Å². The number of piperazine rings is 1. The summed E-state index contributed by atoms with van der Waals surface area (Å²) in [6.07, 6.45) is 1.81. The van der Waals surface area contributed by atoms with Gasteiger partial charge in [0.2, 0.25) is 11.1 Å². The second-order valence-electron chi connectivity index (χ2n) is 4.80. The van der Waals surface area contributed by atoms with E-state index in [0.717, 1.165) is 43.1 Å². The summed E-state index contributed by atoms with van der Waals surface area (Å²) < 4.78 is 0. The quantitative estimate of drug-likeness (QED) is 0.825. The van der Waals surface area contributed by atoms with Gasteiger partial charge in [0.05, 0.1) is 0 Å². The number of nitrogens with zero attached hydrogens (tertiary/aromatic N) is 7. The monoisotopic (exact) mass is 291 g/mol. The van der Waals surface area contributed by atoms with E-state index in [4.69, 9.17) is 0 Å². The molecule has 3 rings (SSSR count). The summed E-state index contributed by atoms with van der Waals surface area (Å²) in [7, 11) is 3.97. The first-order chi connectivity index (χ1) is 9.74. The molecule has 2 aromatic heterocycles. The predicted molar refractivity (Wildman–Crippen MR) is 80.7 cm³/mol. The van der Waals surface area contributed by atoms with Crippen molar-refractivity contribution < 1.29 is 0 Å². The van der Waals surface area contributed by atoms with Crippen molar-refractivity contribution in [1.29, 1.82) is 0 Å². The number of hydrogen-bond acceptors (Lipinski definition) is 8. The van der Waals surface area contributed by atoms with Crippen LogP contribution in [0, 0.1) is 0 Å². The molecule has 0 amide bonds. The third-order valence-electron chi connectivity index (χ3n) is 3.27. The smallest absolute Gasteiger partial charge is 0.227 e. The molecule has 1 fully saturated rings. The zero-order valence-electron chi connectivity index (χ0n) is 11.6. The van der Waals surface area contributed by atoms with Crippen LogP contribution in [-0.4, -0.2) is 60.4 Å². The normalized spacial score (nSPS) is 15.5. The molecule has 0 bridgehead atoms. The standard InChI is InChI=1S/C12H17N7S/c1-17(2)10-3-4-13-11(15-10)18-5-7-19(8-6-18)12-16-14-9-20-12/h3-4,9H,5-8H2,1-2H3. The maximum absolute atomic E-state index is 4.58. The fraction of sp³-hybridized carbons (Fsp3) is 0.500. The van der Waals surface area contributed by atoms with Gasteiger partial charge >= 0.3 is 0 Å². The third-order valence-corrected chi connectivity index (χ3v) is 4.02. The van der Waals surface area contributed by atoms with Crippen LogP contribution in [0.25, 0.3) is 0 Å². The maximum atomic E-state index is 4.58. The van der Waals surface area contributed by atoms with Crippen molar-refractivity contribution in [2.75, 3.05) is 55.0 Å². The van der Waals surface area contributed by atoms with E-state index in [9.17, 15) is 0 Å². The molecule has 7 nitrogen and oxygen atoms in total. The molecule has 0 spiro atoms. The molecule has 0 radical (unpaired) electrons. The Morgan fingerprint density at radius 1 is 1.15 bits per heavy atom. The van der Waals surface area contributed by atoms with Crippen molar-refractivity contribution >= 4 is 28.2 Å². The number of aromatic nitrogens is 4. The molecule has 2 aromatic rings. The van der Waals surface area contributed by atoms with Crippen molar-refractivity contribution in [1.82, 2.24) is 20.2 Å². The van der Waals surface area contributed by atoms with Crippen molar-refractivity contribution in [3.63, 3.8) is 0 Å². The molecule has 0 unspecified atom stereocenters. The van der Waals surface area contributed by atoms with Gasteiger partial charge in [-0.15, -0.1) is 10.2 Å². The van der Waals surface area contributed by atoms with E-state index in [0.29, 0.717) is 0 Å². The molecule has 8 heteroatoms. The van der Waals surface area contributed by atoms with Crippen molar-refractivity contribution in [2.45, 2.75) is 0 Å². The third kappa shape index (κ3) is 2.64. The summed E-state index contributed by atoms with van der Waals surface area (Å²) in [5.41, 5.74) is 1.77. The van der Waals surface area contributed by atoms with E-state index in [1.54, 1.807) is 16.8 Å². The molecule has 1 saturated heterocycles. The van der Waals surface area contributed by atoms with Gasteiger partial charge in [-0.05, 0) is 6.07 Å². The first-order valence-electron chi connectivity index (χ1n) is 6.50. The minimum atomic E-state index is 0.799. The first kappa shape index (κ1) is 13.0. The molecule has 106 valence electrons. The van der Waals surface area contributed by atoms with Crippen LogP contribution in [0.3, 0.4) is 0 Å². The van der Waals surface area contributed by atoms with Crippen LogP contribution >= 0.6 is 11.3 Å². The zero-order valence-corrected chi connectivity index (χ0v) is 12.4. The summed E-state index contributed by atoms with van der Waals surface area (Å²) in [6, 6.07) is 1.92. The van der Waals surface area contributed by atoms with Crippen LogP contribution in [0.5, 0.6) is 0 Å². The highest BCUT2D eigenvalue weighted by Gasteiger charge is 2.21. The van der Waals surface area contributed by atoms with E-state index in [1.807, 2.05) is 31.3 Å². The lowest BCUT2D eigenvalue weighted by Gasteiger charge is -2.34. The highest BCUT2D eigenvalue weighted by molar-refractivity contribution is 7.13. The molecule has 3 heterocycles. The minimum Gasteiger partial charge on any atom is -0.363 e. The Hall–Kier alpha value is -1.96. The molecule has 1 aliphatic rings. The summed E-state index contributed by atoms with van der Waals surface area (Å²) >= 11 is 1.58. The average Bonchev–Trinajstić information content (AvgIpc) is 3.02. The Morgan fingerprint density at radius 2 is 1.90 bits per heavy atom. The van der Waals surface area contributed by atoms with Crippen molar-refractivity contribution in [3.8, 4) is 0 Å². The van der Waals surface area contributed by atoms with Crippen LogP contribution < -0.4 is 14.7 Å². The second-order valence-corrected chi connectivity index (χ2v) is 5.62. The van der Waals surface area contributed by atoms with Crippen LogP contribution in [0.1, 0.15) is 0 Å². The van der Waals surface area contributed by atoms with E-state index >= 15 is 0 Å². The van der Waals surface area contributed by atoms with Gasteiger partial charge in [-0.3, -0.25) is 0 Å². The number of anilines is 3. The Balaban J connectivity index is 1.67. The molecular formula is C12H17N7S. The topological polar surface area (TPSA) is 61.3 Å². The maximum Gasteiger partial charge on any atom is 0.227 e. The van der Waals surface area contributed by atoms with Gasteiger partial charge in [-0.2, -0.15) is 4.98 Å². The molecular weight excluding hydrogens is 274 g/mol. The van der Waals surface area contributed by atoms with Gasteiger partial charge < -0.3 is 14.7 Å². The fourth-order valence-corrected chi connectivity index (χ4v) is 2.76. The first-order valence-corrected chi connectivity index (χ1v) is 7.38. The lowest BCUT2D eigenvalue weighted by Crippen LogP contribution is -2.47. The molecule has 0 N–H and O–H groups in total. The molecule has 0 saturated carbocycles. The number of hydrogen-bond donors (Lipinski definition) is 0. The van der Waals surface area contributed by atoms with Crippen LogP contribution in [0.15, 0.2) is 17.8 Å². The van der Waals surface area contributed by atoms with Gasteiger partial charge in [0, 0.05) is 46.5 Å². The summed E-state index contributed by atoms with van der Waals surface area (Å²) in [5.74, 6) is 1.73. The Morgan fingerprint density at radius 3 is 2.55 bits per heavy atom. The molecule has 1 aliphatic heterocycles. The van der Waals surface area contributed by atoms with Gasteiger partial charge in [-0.25, -0.2) is 4.98 Å². The average molecular weight is 291 g/mol. The molecule has 0 aromatic carbocycles. The van der Waals surface area contributed by atoms with E-state index in [2.05, 4.69) is 30.0 Å². The minimum absolute atomic E-state index is 0.799. The van der Waals surface area contributed by atoms with E-state index < -0.39 is 0 Å². The Labute approximate surface area is 121 Å². The summed E-state index contributed by atoms with van der Waals surface area (Å²) in [4.78, 5) is 15.4. The lowest BCUT2D eigenvalue weighted by atomic mass is 10.3. The van der Waals surface area contributed by atoms with E-state index in [-0.39, 0.29) is 0 Å². The Kier molecular flexibility index (Phi) is 3.64.